The number of alkyl halides is 1. The van der Waals surface area contributed by atoms with E-state index in [9.17, 15) is 0 Å². The summed E-state index contributed by atoms with van der Waals surface area (Å²) in [4.78, 5) is 2.86. The van der Waals surface area contributed by atoms with E-state index in [2.05, 4.69) is 16.6 Å². The molecule has 0 aromatic carbocycles. The fraction of sp³-hybridized carbons (Fsp3) is 0.200. The molecule has 8 heavy (non-hydrogen) atoms. The molecule has 1 heterocycles. The number of rotatable bonds is 0. The van der Waals surface area contributed by atoms with Crippen molar-refractivity contribution in [2.75, 3.05) is 6.38 Å². The van der Waals surface area contributed by atoms with Crippen molar-refractivity contribution in [3.63, 3.8) is 0 Å². The van der Waals surface area contributed by atoms with E-state index < -0.39 is 0 Å². The van der Waals surface area contributed by atoms with Crippen LogP contribution in [-0.4, -0.2) is 11.4 Å². The van der Waals surface area contributed by atoms with Gasteiger partial charge in [-0.15, -0.1) is 11.6 Å². The van der Waals surface area contributed by atoms with Crippen molar-refractivity contribution in [2.24, 2.45) is 0 Å². The lowest BCUT2D eigenvalue weighted by Crippen LogP contribution is -1.38. The minimum absolute atomic E-state index is 0. The number of halogens is 1. The predicted molar refractivity (Wildman–Crippen MR) is 43.7 cm³/mol. The fourth-order valence-corrected chi connectivity index (χ4v) is 0.278. The van der Waals surface area contributed by atoms with Crippen LogP contribution >= 0.6 is 21.5 Å². The van der Waals surface area contributed by atoms with Gasteiger partial charge in [0.1, 0.15) is 0 Å². The fourth-order valence-electron chi connectivity index (χ4n) is 0.278. The Morgan fingerprint density at radius 1 is 1.12 bits per heavy atom. The molecule has 0 saturated heterocycles. The van der Waals surface area contributed by atoms with Gasteiger partial charge in [-0.1, -0.05) is 0 Å². The highest BCUT2D eigenvalue weighted by atomic mass is 35.5. The SMILES string of the molecule is CCl.P.c1cc[nH]c1. The summed E-state index contributed by atoms with van der Waals surface area (Å²) >= 11 is 4.64. The van der Waals surface area contributed by atoms with Crippen LogP contribution in [0.1, 0.15) is 0 Å². The molecule has 0 aliphatic carbocycles. The van der Waals surface area contributed by atoms with E-state index in [0.717, 1.165) is 0 Å². The highest BCUT2D eigenvalue weighted by Gasteiger charge is 1.55. The molecule has 0 radical (unpaired) electrons. The number of aromatic amines is 1. The Morgan fingerprint density at radius 3 is 1.62 bits per heavy atom. The van der Waals surface area contributed by atoms with Gasteiger partial charge in [0.15, 0.2) is 0 Å². The second-order valence-electron chi connectivity index (χ2n) is 0.885. The van der Waals surface area contributed by atoms with E-state index in [4.69, 9.17) is 0 Å². The summed E-state index contributed by atoms with van der Waals surface area (Å²) < 4.78 is 0. The zero-order valence-corrected chi connectivity index (χ0v) is 7.06. The minimum atomic E-state index is 0. The molecular formula is C5H11ClNP. The van der Waals surface area contributed by atoms with Gasteiger partial charge in [-0.3, -0.25) is 0 Å². The molecule has 0 fully saturated rings. The molecule has 48 valence electrons. The molecule has 1 unspecified atom stereocenters. The van der Waals surface area contributed by atoms with Crippen LogP contribution in [0.2, 0.25) is 0 Å². The number of nitrogens with one attached hydrogen (secondary N) is 1. The van der Waals surface area contributed by atoms with Crippen molar-refractivity contribution >= 4 is 21.5 Å². The first-order chi connectivity index (χ1) is 3.50. The van der Waals surface area contributed by atoms with Crippen LogP contribution in [0.5, 0.6) is 0 Å². The monoisotopic (exact) mass is 151 g/mol. The summed E-state index contributed by atoms with van der Waals surface area (Å²) in [6.07, 6.45) is 5.22. The van der Waals surface area contributed by atoms with E-state index in [1.807, 2.05) is 24.5 Å². The van der Waals surface area contributed by atoms with Crippen molar-refractivity contribution in [2.45, 2.75) is 0 Å². The third kappa shape index (κ3) is 6.00. The second-order valence-corrected chi connectivity index (χ2v) is 0.885. The van der Waals surface area contributed by atoms with Crippen molar-refractivity contribution in [3.05, 3.63) is 24.5 Å². The molecule has 1 aromatic heterocycles. The van der Waals surface area contributed by atoms with E-state index in [1.165, 1.54) is 6.38 Å². The van der Waals surface area contributed by atoms with Gasteiger partial charge >= 0.3 is 0 Å². The molecule has 1 aromatic rings. The first-order valence-electron chi connectivity index (χ1n) is 1.96. The van der Waals surface area contributed by atoms with Crippen molar-refractivity contribution in [1.29, 1.82) is 0 Å². The van der Waals surface area contributed by atoms with Gasteiger partial charge in [-0.05, 0) is 12.1 Å². The highest BCUT2D eigenvalue weighted by molar-refractivity contribution is 6.92. The largest absolute Gasteiger partial charge is 0.368 e. The minimum Gasteiger partial charge on any atom is -0.368 e. The lowest BCUT2D eigenvalue weighted by Gasteiger charge is -1.49. The first-order valence-corrected chi connectivity index (χ1v) is 2.71. The third-order valence-electron chi connectivity index (χ3n) is 0.496. The van der Waals surface area contributed by atoms with Gasteiger partial charge in [0.2, 0.25) is 0 Å². The third-order valence-corrected chi connectivity index (χ3v) is 0.496. The average molecular weight is 152 g/mol. The number of aromatic nitrogens is 1. The maximum Gasteiger partial charge on any atom is 0.0108 e. The van der Waals surface area contributed by atoms with Crippen LogP contribution in [0, 0.1) is 0 Å². The Labute approximate surface area is 58.1 Å². The van der Waals surface area contributed by atoms with Gasteiger partial charge in [0, 0.05) is 18.8 Å². The van der Waals surface area contributed by atoms with Gasteiger partial charge in [-0.25, -0.2) is 0 Å². The van der Waals surface area contributed by atoms with Crippen LogP contribution in [0.25, 0.3) is 0 Å². The molecule has 0 aliphatic heterocycles. The molecular weight excluding hydrogens is 140 g/mol. The van der Waals surface area contributed by atoms with Crippen molar-refractivity contribution in [3.8, 4) is 0 Å². The molecule has 1 atom stereocenters. The molecule has 0 saturated carbocycles. The molecule has 0 aliphatic rings. The summed E-state index contributed by atoms with van der Waals surface area (Å²) in [6.45, 7) is 0. The normalized spacial score (nSPS) is 5.75. The maximum atomic E-state index is 4.64. The Balaban J connectivity index is 0. The van der Waals surface area contributed by atoms with E-state index in [1.54, 1.807) is 0 Å². The summed E-state index contributed by atoms with van der Waals surface area (Å²) in [5.41, 5.74) is 0. The lowest BCUT2D eigenvalue weighted by molar-refractivity contribution is 1.42. The number of hydrogen-bond donors (Lipinski definition) is 1. The molecule has 1 N–H and O–H groups in total. The summed E-state index contributed by atoms with van der Waals surface area (Å²) in [7, 11) is 0. The van der Waals surface area contributed by atoms with Crippen molar-refractivity contribution in [1.82, 2.24) is 4.98 Å². The quantitative estimate of drug-likeness (QED) is 0.431. The number of H-pyrrole nitrogens is 1. The zero-order chi connectivity index (χ0) is 5.54. The van der Waals surface area contributed by atoms with Gasteiger partial charge in [0.05, 0.1) is 0 Å². The van der Waals surface area contributed by atoms with Crippen LogP contribution in [-0.2, 0) is 0 Å². The van der Waals surface area contributed by atoms with Crippen molar-refractivity contribution < 1.29 is 0 Å². The van der Waals surface area contributed by atoms with Crippen LogP contribution in [0.15, 0.2) is 24.5 Å². The van der Waals surface area contributed by atoms with E-state index >= 15 is 0 Å². The summed E-state index contributed by atoms with van der Waals surface area (Å²) in [5.74, 6) is 0. The van der Waals surface area contributed by atoms with Gasteiger partial charge in [-0.2, -0.15) is 9.90 Å². The average Bonchev–Trinajstić information content (AvgIpc) is 2.23. The smallest absolute Gasteiger partial charge is 0.0108 e. The van der Waals surface area contributed by atoms with Gasteiger partial charge < -0.3 is 4.98 Å². The van der Waals surface area contributed by atoms with Crippen LogP contribution in [0.4, 0.5) is 0 Å². The Bertz CT molecular complexity index is 68.9. The predicted octanol–water partition coefficient (Wildman–Crippen LogP) is 1.93. The van der Waals surface area contributed by atoms with Crippen LogP contribution in [0.3, 0.4) is 0 Å². The Hall–Kier alpha value is -0.0000000000000000555. The molecule has 0 spiro atoms. The Morgan fingerprint density at radius 2 is 1.50 bits per heavy atom. The first kappa shape index (κ1) is 10.9. The van der Waals surface area contributed by atoms with E-state index in [0.29, 0.717) is 0 Å². The summed E-state index contributed by atoms with van der Waals surface area (Å²) in [6, 6.07) is 3.89. The molecule has 0 bridgehead atoms. The van der Waals surface area contributed by atoms with E-state index in [-0.39, 0.29) is 9.90 Å². The summed E-state index contributed by atoms with van der Waals surface area (Å²) in [5, 5.41) is 0. The lowest BCUT2D eigenvalue weighted by atomic mass is 10.7. The van der Waals surface area contributed by atoms with Crippen LogP contribution < -0.4 is 0 Å². The molecule has 1 nitrogen and oxygen atoms in total. The Kier molecular flexibility index (Phi) is 13.7. The topological polar surface area (TPSA) is 15.8 Å². The molecule has 3 heteroatoms. The molecule has 1 rings (SSSR count). The highest BCUT2D eigenvalue weighted by Crippen LogP contribution is 1.72. The maximum absolute atomic E-state index is 4.64. The second kappa shape index (κ2) is 10.1. The number of hydrogen-bond acceptors (Lipinski definition) is 0. The standard InChI is InChI=1S/C4H5N.CH3Cl.H3P/c1-2-4-5-3-1;1-2;/h1-5H;1H3;1H3. The zero-order valence-electron chi connectivity index (χ0n) is 4.89. The molecule has 0 amide bonds. The van der Waals surface area contributed by atoms with Gasteiger partial charge in [0.25, 0.3) is 0 Å².